The molecule has 0 aromatic heterocycles. The van der Waals surface area contributed by atoms with Crippen LogP contribution in [0.1, 0.15) is 24.9 Å². The van der Waals surface area contributed by atoms with E-state index in [-0.39, 0.29) is 30.1 Å². The van der Waals surface area contributed by atoms with Crippen LogP contribution < -0.4 is 5.32 Å². The summed E-state index contributed by atoms with van der Waals surface area (Å²) in [6, 6.07) is 9.46. The standard InChI is InChI=1S/C19H26N4O4/c1-14(15-6-4-3-5-7-15)23-13-16(12-17(23)24)20-18(25)21-8-10-22(11-9-21)19(26)27-2/h3-7,14,16H,8-13H2,1-2H3,(H,20,25). The highest BCUT2D eigenvalue weighted by Gasteiger charge is 2.35. The number of rotatable bonds is 3. The molecule has 1 aromatic carbocycles. The van der Waals surface area contributed by atoms with Gasteiger partial charge >= 0.3 is 12.1 Å². The number of nitrogens with one attached hydrogen (secondary N) is 1. The van der Waals surface area contributed by atoms with Crippen molar-refractivity contribution in [1.29, 1.82) is 0 Å². The Morgan fingerprint density at radius 2 is 1.74 bits per heavy atom. The number of hydrogen-bond acceptors (Lipinski definition) is 4. The monoisotopic (exact) mass is 374 g/mol. The fraction of sp³-hybridized carbons (Fsp3) is 0.526. The number of piperazine rings is 1. The molecule has 2 aliphatic heterocycles. The Balaban J connectivity index is 1.51. The normalized spacial score (nSPS) is 21.2. The van der Waals surface area contributed by atoms with E-state index >= 15 is 0 Å². The molecular weight excluding hydrogens is 348 g/mol. The molecule has 2 fully saturated rings. The van der Waals surface area contributed by atoms with Crippen LogP contribution in [0.5, 0.6) is 0 Å². The van der Waals surface area contributed by atoms with E-state index in [1.807, 2.05) is 42.2 Å². The summed E-state index contributed by atoms with van der Waals surface area (Å²) in [5, 5.41) is 2.96. The molecule has 8 nitrogen and oxygen atoms in total. The van der Waals surface area contributed by atoms with Gasteiger partial charge < -0.3 is 24.8 Å². The van der Waals surface area contributed by atoms with Gasteiger partial charge in [0.15, 0.2) is 0 Å². The van der Waals surface area contributed by atoms with E-state index < -0.39 is 0 Å². The highest BCUT2D eigenvalue weighted by atomic mass is 16.5. The molecule has 8 heteroatoms. The van der Waals surface area contributed by atoms with Crippen LogP contribution in [0.2, 0.25) is 0 Å². The lowest BCUT2D eigenvalue weighted by Crippen LogP contribution is -2.54. The fourth-order valence-electron chi connectivity index (χ4n) is 3.60. The Morgan fingerprint density at radius 3 is 2.37 bits per heavy atom. The number of urea groups is 1. The first-order chi connectivity index (χ1) is 13.0. The van der Waals surface area contributed by atoms with Gasteiger partial charge in [-0.3, -0.25) is 4.79 Å². The molecule has 2 saturated heterocycles. The lowest BCUT2D eigenvalue weighted by molar-refractivity contribution is -0.129. The van der Waals surface area contributed by atoms with E-state index in [2.05, 4.69) is 5.32 Å². The van der Waals surface area contributed by atoms with Gasteiger partial charge in [-0.25, -0.2) is 9.59 Å². The van der Waals surface area contributed by atoms with Crippen molar-refractivity contribution in [2.75, 3.05) is 39.8 Å². The van der Waals surface area contributed by atoms with Gasteiger partial charge in [-0.1, -0.05) is 30.3 Å². The number of benzene rings is 1. The van der Waals surface area contributed by atoms with E-state index in [1.165, 1.54) is 7.11 Å². The minimum Gasteiger partial charge on any atom is -0.453 e. The van der Waals surface area contributed by atoms with Crippen molar-refractivity contribution < 1.29 is 19.1 Å². The summed E-state index contributed by atoms with van der Waals surface area (Å²) in [5.41, 5.74) is 1.08. The minimum absolute atomic E-state index is 0.0239. The van der Waals surface area contributed by atoms with Crippen LogP contribution >= 0.6 is 0 Å². The quantitative estimate of drug-likeness (QED) is 0.868. The summed E-state index contributed by atoms with van der Waals surface area (Å²) < 4.78 is 4.70. The predicted octanol–water partition coefficient (Wildman–Crippen LogP) is 1.44. The number of ether oxygens (including phenoxy) is 1. The first-order valence-electron chi connectivity index (χ1n) is 9.22. The number of amides is 4. The van der Waals surface area contributed by atoms with E-state index in [0.717, 1.165) is 5.56 Å². The number of carbonyl (C=O) groups excluding carboxylic acids is 3. The van der Waals surface area contributed by atoms with Crippen LogP contribution in [-0.4, -0.2) is 78.6 Å². The molecule has 1 N–H and O–H groups in total. The van der Waals surface area contributed by atoms with Crippen LogP contribution in [0.15, 0.2) is 30.3 Å². The van der Waals surface area contributed by atoms with Crippen molar-refractivity contribution in [3.05, 3.63) is 35.9 Å². The molecule has 3 rings (SSSR count). The molecule has 2 aliphatic rings. The van der Waals surface area contributed by atoms with E-state index in [1.54, 1.807) is 9.80 Å². The molecule has 146 valence electrons. The third-order valence-corrected chi connectivity index (χ3v) is 5.24. The minimum atomic E-state index is -0.373. The van der Waals surface area contributed by atoms with Gasteiger partial charge in [0.05, 0.1) is 19.2 Å². The van der Waals surface area contributed by atoms with Crippen molar-refractivity contribution in [2.24, 2.45) is 0 Å². The fourth-order valence-corrected chi connectivity index (χ4v) is 3.60. The summed E-state index contributed by atoms with van der Waals surface area (Å²) in [4.78, 5) is 41.5. The summed E-state index contributed by atoms with van der Waals surface area (Å²) in [6.07, 6.45) is -0.0626. The molecule has 0 spiro atoms. The SMILES string of the molecule is COC(=O)N1CCN(C(=O)NC2CC(=O)N(C(C)c3ccccc3)C2)CC1. The van der Waals surface area contributed by atoms with Gasteiger partial charge in [-0.15, -0.1) is 0 Å². The van der Waals surface area contributed by atoms with Crippen LogP contribution in [0.3, 0.4) is 0 Å². The van der Waals surface area contributed by atoms with Gasteiger partial charge in [-0.2, -0.15) is 0 Å². The van der Waals surface area contributed by atoms with Gasteiger partial charge in [0.2, 0.25) is 5.91 Å². The second-order valence-corrected chi connectivity index (χ2v) is 6.93. The molecule has 0 radical (unpaired) electrons. The number of likely N-dealkylation sites (tertiary alicyclic amines) is 1. The number of methoxy groups -OCH3 is 1. The summed E-state index contributed by atoms with van der Waals surface area (Å²) >= 11 is 0. The number of hydrogen-bond donors (Lipinski definition) is 1. The van der Waals surface area contributed by atoms with E-state index in [4.69, 9.17) is 4.74 Å². The Morgan fingerprint density at radius 1 is 1.11 bits per heavy atom. The second kappa shape index (κ2) is 8.28. The predicted molar refractivity (Wildman–Crippen MR) is 99.1 cm³/mol. The van der Waals surface area contributed by atoms with Gasteiger partial charge in [0.25, 0.3) is 0 Å². The Kier molecular flexibility index (Phi) is 5.83. The second-order valence-electron chi connectivity index (χ2n) is 6.93. The van der Waals surface area contributed by atoms with Crippen LogP contribution in [0.25, 0.3) is 0 Å². The maximum atomic E-state index is 12.5. The average molecular weight is 374 g/mol. The zero-order valence-electron chi connectivity index (χ0n) is 15.8. The Bertz CT molecular complexity index is 688. The lowest BCUT2D eigenvalue weighted by atomic mass is 10.1. The summed E-state index contributed by atoms with van der Waals surface area (Å²) in [5.74, 6) is 0.0483. The number of carbonyl (C=O) groups is 3. The third-order valence-electron chi connectivity index (χ3n) is 5.24. The third kappa shape index (κ3) is 4.32. The van der Waals surface area contributed by atoms with Crippen molar-refractivity contribution in [1.82, 2.24) is 20.0 Å². The molecule has 0 bridgehead atoms. The Labute approximate surface area is 159 Å². The molecule has 0 aliphatic carbocycles. The van der Waals surface area contributed by atoms with Crippen LogP contribution in [0.4, 0.5) is 9.59 Å². The first-order valence-corrected chi connectivity index (χ1v) is 9.22. The van der Waals surface area contributed by atoms with Gasteiger partial charge in [0, 0.05) is 39.1 Å². The van der Waals surface area contributed by atoms with Gasteiger partial charge in [-0.05, 0) is 12.5 Å². The van der Waals surface area contributed by atoms with Crippen molar-refractivity contribution in [2.45, 2.75) is 25.4 Å². The highest BCUT2D eigenvalue weighted by Crippen LogP contribution is 2.25. The molecule has 2 heterocycles. The van der Waals surface area contributed by atoms with E-state index in [0.29, 0.717) is 39.1 Å². The first kappa shape index (κ1) is 19.0. The molecular formula is C19H26N4O4. The molecule has 27 heavy (non-hydrogen) atoms. The zero-order chi connectivity index (χ0) is 19.4. The van der Waals surface area contributed by atoms with Crippen molar-refractivity contribution in [3.8, 4) is 0 Å². The van der Waals surface area contributed by atoms with Crippen molar-refractivity contribution in [3.63, 3.8) is 0 Å². The summed E-state index contributed by atoms with van der Waals surface area (Å²) in [6.45, 7) is 4.30. The molecule has 4 amide bonds. The van der Waals surface area contributed by atoms with Gasteiger partial charge in [0.1, 0.15) is 0 Å². The number of nitrogens with zero attached hydrogens (tertiary/aromatic N) is 3. The molecule has 2 unspecified atom stereocenters. The molecule has 0 saturated carbocycles. The Hall–Kier alpha value is -2.77. The summed E-state index contributed by atoms with van der Waals surface area (Å²) in [7, 11) is 1.35. The van der Waals surface area contributed by atoms with Crippen molar-refractivity contribution >= 4 is 18.0 Å². The molecule has 1 aromatic rings. The largest absolute Gasteiger partial charge is 0.453 e. The smallest absolute Gasteiger partial charge is 0.409 e. The van der Waals surface area contributed by atoms with Crippen LogP contribution in [-0.2, 0) is 9.53 Å². The van der Waals surface area contributed by atoms with Crippen LogP contribution in [0, 0.1) is 0 Å². The zero-order valence-corrected chi connectivity index (χ0v) is 15.8. The maximum Gasteiger partial charge on any atom is 0.409 e. The lowest BCUT2D eigenvalue weighted by Gasteiger charge is -2.34. The molecule has 2 atom stereocenters. The highest BCUT2D eigenvalue weighted by molar-refractivity contribution is 5.82. The maximum absolute atomic E-state index is 12.5. The topological polar surface area (TPSA) is 82.2 Å². The van der Waals surface area contributed by atoms with E-state index in [9.17, 15) is 14.4 Å². The average Bonchev–Trinajstić information content (AvgIpc) is 3.07.